The number of carbonyl (C=O) groups excluding carboxylic acids is 1. The van der Waals surface area contributed by atoms with Gasteiger partial charge in [-0.1, -0.05) is 0 Å². The molecule has 0 spiro atoms. The van der Waals surface area contributed by atoms with Crippen LogP contribution in [-0.4, -0.2) is 40.3 Å². The first-order chi connectivity index (χ1) is 9.89. The number of ether oxygens (including phenoxy) is 1. The highest BCUT2D eigenvalue weighted by Crippen LogP contribution is 2.28. The lowest BCUT2D eigenvalue weighted by Crippen LogP contribution is -2.35. The van der Waals surface area contributed by atoms with Gasteiger partial charge in [0.1, 0.15) is 5.75 Å². The summed E-state index contributed by atoms with van der Waals surface area (Å²) in [6, 6.07) is 4.59. The van der Waals surface area contributed by atoms with Crippen LogP contribution in [0.3, 0.4) is 0 Å². The molecule has 22 heavy (non-hydrogen) atoms. The first-order valence-electron chi connectivity index (χ1n) is 6.59. The molecule has 2 rings (SSSR count). The van der Waals surface area contributed by atoms with Crippen molar-refractivity contribution in [3.63, 3.8) is 0 Å². The van der Waals surface area contributed by atoms with Gasteiger partial charge in [0.05, 0.1) is 25.1 Å². The van der Waals surface area contributed by atoms with Crippen LogP contribution < -0.4 is 20.1 Å². The van der Waals surface area contributed by atoms with E-state index in [9.17, 15) is 13.2 Å². The number of methoxy groups -OCH3 is 1. The van der Waals surface area contributed by atoms with Crippen LogP contribution in [0.1, 0.15) is 12.8 Å². The highest BCUT2D eigenvalue weighted by Gasteiger charge is 2.22. The van der Waals surface area contributed by atoms with Gasteiger partial charge in [-0.25, -0.2) is 8.42 Å². The molecule has 1 atom stereocenters. The van der Waals surface area contributed by atoms with Gasteiger partial charge in [0.15, 0.2) is 0 Å². The number of rotatable bonds is 5. The maximum Gasteiger partial charge on any atom is 0.241 e. The van der Waals surface area contributed by atoms with E-state index in [2.05, 4.69) is 15.4 Å². The number of benzene rings is 1. The normalized spacial score (nSPS) is 17.5. The zero-order valence-electron chi connectivity index (χ0n) is 12.4. The van der Waals surface area contributed by atoms with E-state index in [-0.39, 0.29) is 24.4 Å². The van der Waals surface area contributed by atoms with Gasteiger partial charge in [-0.3, -0.25) is 9.52 Å². The van der Waals surface area contributed by atoms with Crippen molar-refractivity contribution in [1.29, 1.82) is 0 Å². The molecule has 1 aliphatic heterocycles. The Morgan fingerprint density at radius 2 is 2.14 bits per heavy atom. The van der Waals surface area contributed by atoms with E-state index < -0.39 is 10.0 Å². The standard InChI is InChI=1S/C13H19N3O4S.ClH/c1-20-12-8-9(5-6-10(12)16-21(2,18)19)15-13(17)11-4-3-7-14-11;/h5-6,8,11,14,16H,3-4,7H2,1-2H3,(H,15,17);1H. The highest BCUT2D eigenvalue weighted by molar-refractivity contribution is 7.92. The van der Waals surface area contributed by atoms with E-state index in [4.69, 9.17) is 4.74 Å². The summed E-state index contributed by atoms with van der Waals surface area (Å²) in [5.74, 6) is 0.246. The summed E-state index contributed by atoms with van der Waals surface area (Å²) < 4.78 is 30.0. The van der Waals surface area contributed by atoms with Crippen molar-refractivity contribution >= 4 is 39.7 Å². The third kappa shape index (κ3) is 5.04. The number of hydrogen-bond donors (Lipinski definition) is 3. The first-order valence-corrected chi connectivity index (χ1v) is 8.48. The lowest BCUT2D eigenvalue weighted by Gasteiger charge is -2.14. The fourth-order valence-corrected chi connectivity index (χ4v) is 2.76. The van der Waals surface area contributed by atoms with E-state index in [1.165, 1.54) is 7.11 Å². The number of hydrogen-bond acceptors (Lipinski definition) is 5. The Morgan fingerprint density at radius 3 is 2.68 bits per heavy atom. The number of sulfonamides is 1. The largest absolute Gasteiger partial charge is 0.494 e. The molecule has 0 radical (unpaired) electrons. The van der Waals surface area contributed by atoms with Crippen LogP contribution in [0.2, 0.25) is 0 Å². The molecule has 1 fully saturated rings. The topological polar surface area (TPSA) is 96.5 Å². The van der Waals surface area contributed by atoms with Crippen molar-refractivity contribution in [3.8, 4) is 5.75 Å². The number of nitrogens with one attached hydrogen (secondary N) is 3. The Labute approximate surface area is 136 Å². The third-order valence-electron chi connectivity index (χ3n) is 3.14. The molecule has 1 amide bonds. The Kier molecular flexibility index (Phi) is 6.46. The summed E-state index contributed by atoms with van der Waals surface area (Å²) in [7, 11) is -1.95. The number of halogens is 1. The Balaban J connectivity index is 0.00000242. The molecule has 1 aliphatic rings. The van der Waals surface area contributed by atoms with Crippen LogP contribution in [-0.2, 0) is 14.8 Å². The van der Waals surface area contributed by atoms with Crippen molar-refractivity contribution in [3.05, 3.63) is 18.2 Å². The molecular weight excluding hydrogens is 330 g/mol. The van der Waals surface area contributed by atoms with E-state index in [0.29, 0.717) is 17.1 Å². The lowest BCUT2D eigenvalue weighted by molar-refractivity contribution is -0.117. The van der Waals surface area contributed by atoms with Gasteiger partial charge in [0.25, 0.3) is 0 Å². The summed E-state index contributed by atoms with van der Waals surface area (Å²) >= 11 is 0. The summed E-state index contributed by atoms with van der Waals surface area (Å²) in [5, 5.41) is 5.90. The minimum Gasteiger partial charge on any atom is -0.494 e. The summed E-state index contributed by atoms with van der Waals surface area (Å²) in [5.41, 5.74) is 0.890. The molecule has 1 aromatic carbocycles. The molecule has 1 heterocycles. The quantitative estimate of drug-likeness (QED) is 0.741. The molecule has 0 bridgehead atoms. The van der Waals surface area contributed by atoms with Crippen molar-refractivity contribution in [2.24, 2.45) is 0 Å². The van der Waals surface area contributed by atoms with Crippen molar-refractivity contribution < 1.29 is 17.9 Å². The van der Waals surface area contributed by atoms with E-state index in [0.717, 1.165) is 25.6 Å². The first kappa shape index (κ1) is 18.5. The maximum atomic E-state index is 12.0. The second kappa shape index (κ2) is 7.66. The molecule has 1 aromatic rings. The van der Waals surface area contributed by atoms with Gasteiger partial charge in [-0.05, 0) is 31.5 Å². The third-order valence-corrected chi connectivity index (χ3v) is 3.73. The number of amides is 1. The van der Waals surface area contributed by atoms with Gasteiger partial charge >= 0.3 is 0 Å². The van der Waals surface area contributed by atoms with Crippen LogP contribution in [0, 0.1) is 0 Å². The fourth-order valence-electron chi connectivity index (χ4n) is 2.19. The molecule has 1 saturated heterocycles. The molecule has 9 heteroatoms. The summed E-state index contributed by atoms with van der Waals surface area (Å²) in [4.78, 5) is 12.0. The van der Waals surface area contributed by atoms with E-state index in [1.807, 2.05) is 0 Å². The van der Waals surface area contributed by atoms with Crippen LogP contribution in [0.25, 0.3) is 0 Å². The monoisotopic (exact) mass is 349 g/mol. The van der Waals surface area contributed by atoms with Crippen molar-refractivity contribution in [1.82, 2.24) is 5.32 Å². The molecule has 0 saturated carbocycles. The molecular formula is C13H20ClN3O4S. The van der Waals surface area contributed by atoms with E-state index >= 15 is 0 Å². The molecule has 3 N–H and O–H groups in total. The zero-order chi connectivity index (χ0) is 15.5. The minimum absolute atomic E-state index is 0. The minimum atomic E-state index is -3.39. The van der Waals surface area contributed by atoms with Gasteiger partial charge in [-0.15, -0.1) is 12.4 Å². The van der Waals surface area contributed by atoms with Crippen LogP contribution >= 0.6 is 12.4 Å². The predicted molar refractivity (Wildman–Crippen MR) is 88.4 cm³/mol. The molecule has 124 valence electrons. The fraction of sp³-hybridized carbons (Fsp3) is 0.462. The SMILES string of the molecule is COc1cc(NC(=O)C2CCCN2)ccc1NS(C)(=O)=O.Cl. The van der Waals surface area contributed by atoms with Gasteiger partial charge < -0.3 is 15.4 Å². The lowest BCUT2D eigenvalue weighted by atomic mass is 10.2. The smallest absolute Gasteiger partial charge is 0.241 e. The number of carbonyl (C=O) groups is 1. The van der Waals surface area contributed by atoms with E-state index in [1.54, 1.807) is 18.2 Å². The maximum absolute atomic E-state index is 12.0. The zero-order valence-corrected chi connectivity index (χ0v) is 14.0. The van der Waals surface area contributed by atoms with Gasteiger partial charge in [0, 0.05) is 11.8 Å². The number of anilines is 2. The van der Waals surface area contributed by atoms with Crippen molar-refractivity contribution in [2.45, 2.75) is 18.9 Å². The molecule has 1 unspecified atom stereocenters. The average Bonchev–Trinajstić information content (AvgIpc) is 2.93. The van der Waals surface area contributed by atoms with Gasteiger partial charge in [0.2, 0.25) is 15.9 Å². The van der Waals surface area contributed by atoms with Crippen LogP contribution in [0.15, 0.2) is 18.2 Å². The Morgan fingerprint density at radius 1 is 1.41 bits per heavy atom. The Bertz CT molecular complexity index is 630. The summed E-state index contributed by atoms with van der Waals surface area (Å²) in [6.45, 7) is 0.846. The van der Waals surface area contributed by atoms with Crippen molar-refractivity contribution in [2.75, 3.05) is 29.9 Å². The second-order valence-electron chi connectivity index (χ2n) is 4.93. The van der Waals surface area contributed by atoms with Crippen LogP contribution in [0.4, 0.5) is 11.4 Å². The van der Waals surface area contributed by atoms with Crippen LogP contribution in [0.5, 0.6) is 5.75 Å². The summed E-state index contributed by atoms with van der Waals surface area (Å²) in [6.07, 6.45) is 2.86. The molecule has 0 aliphatic carbocycles. The molecule has 7 nitrogen and oxygen atoms in total. The second-order valence-corrected chi connectivity index (χ2v) is 6.68. The predicted octanol–water partition coefficient (Wildman–Crippen LogP) is 1.18. The highest BCUT2D eigenvalue weighted by atomic mass is 35.5. The average molecular weight is 350 g/mol. The van der Waals surface area contributed by atoms with Gasteiger partial charge in [-0.2, -0.15) is 0 Å². The molecule has 0 aromatic heterocycles. The Hall–Kier alpha value is -1.51.